The molecule has 4 rings (SSSR count). The summed E-state index contributed by atoms with van der Waals surface area (Å²) in [5, 5.41) is 1.54. The number of hydrogen-bond donors (Lipinski definition) is 1. The summed E-state index contributed by atoms with van der Waals surface area (Å²) in [5.74, 6) is -0.272. The van der Waals surface area contributed by atoms with Crippen LogP contribution in [0.25, 0.3) is 10.9 Å². The number of sulfonamides is 1. The van der Waals surface area contributed by atoms with Crippen molar-refractivity contribution in [2.24, 2.45) is 0 Å². The molecule has 30 heavy (non-hydrogen) atoms. The molecule has 1 aliphatic carbocycles. The quantitative estimate of drug-likeness (QED) is 0.586. The van der Waals surface area contributed by atoms with Gasteiger partial charge in [-0.15, -0.1) is 0 Å². The van der Waals surface area contributed by atoms with Crippen LogP contribution in [0.15, 0.2) is 53.4 Å². The Kier molecular flexibility index (Phi) is 5.86. The van der Waals surface area contributed by atoms with Crippen LogP contribution in [0, 0.1) is 0 Å². The summed E-state index contributed by atoms with van der Waals surface area (Å²) in [7, 11) is -3.64. The molecular formula is C22H23ClN2O4S. The van der Waals surface area contributed by atoms with E-state index in [9.17, 15) is 13.2 Å². The Hall–Kier alpha value is -2.35. The number of ether oxygens (including phenoxy) is 1. The molecule has 1 atom stereocenters. The lowest BCUT2D eigenvalue weighted by atomic mass is 9.92. The SMILES string of the molecule is CCOC(=O)Cn1c2c(c3ccccc31)CC(NS(=O)(=O)c1ccc(Cl)cc1)CC2. The Morgan fingerprint density at radius 3 is 2.67 bits per heavy atom. The second kappa shape index (κ2) is 8.41. The van der Waals surface area contributed by atoms with Gasteiger partial charge in [0.1, 0.15) is 6.54 Å². The van der Waals surface area contributed by atoms with Crippen molar-refractivity contribution in [1.82, 2.24) is 9.29 Å². The molecule has 0 spiro atoms. The monoisotopic (exact) mass is 446 g/mol. The molecular weight excluding hydrogens is 424 g/mol. The van der Waals surface area contributed by atoms with Gasteiger partial charge in [0.05, 0.1) is 11.5 Å². The van der Waals surface area contributed by atoms with Gasteiger partial charge in [-0.05, 0) is 62.1 Å². The number of aromatic nitrogens is 1. The summed E-state index contributed by atoms with van der Waals surface area (Å²) in [6, 6.07) is 13.8. The predicted molar refractivity (Wildman–Crippen MR) is 116 cm³/mol. The number of rotatable bonds is 6. The first-order chi connectivity index (χ1) is 14.4. The van der Waals surface area contributed by atoms with Crippen molar-refractivity contribution >= 4 is 38.5 Å². The third kappa shape index (κ3) is 4.10. The van der Waals surface area contributed by atoms with Crippen molar-refractivity contribution < 1.29 is 17.9 Å². The molecule has 0 radical (unpaired) electrons. The van der Waals surface area contributed by atoms with Crippen molar-refractivity contribution in [2.75, 3.05) is 6.61 Å². The Bertz CT molecular complexity index is 1190. The molecule has 1 unspecified atom stereocenters. The van der Waals surface area contributed by atoms with Crippen molar-refractivity contribution in [3.05, 3.63) is 64.8 Å². The summed E-state index contributed by atoms with van der Waals surface area (Å²) in [6.45, 7) is 2.29. The average Bonchev–Trinajstić information content (AvgIpc) is 3.01. The highest BCUT2D eigenvalue weighted by Crippen LogP contribution is 2.33. The standard InChI is InChI=1S/C22H23ClN2O4S/c1-2-29-22(26)14-25-20-6-4-3-5-18(20)19-13-16(9-12-21(19)25)24-30(27,28)17-10-7-15(23)8-11-17/h3-8,10-11,16,24H,2,9,12-14H2,1H3. The lowest BCUT2D eigenvalue weighted by Crippen LogP contribution is -2.39. The minimum Gasteiger partial charge on any atom is -0.465 e. The summed E-state index contributed by atoms with van der Waals surface area (Å²) in [4.78, 5) is 12.3. The first-order valence-corrected chi connectivity index (χ1v) is 11.8. The molecule has 0 saturated carbocycles. The number of carbonyl (C=O) groups excluding carboxylic acids is 1. The molecule has 0 fully saturated rings. The fraction of sp³-hybridized carbons (Fsp3) is 0.318. The van der Waals surface area contributed by atoms with Gasteiger partial charge >= 0.3 is 5.97 Å². The summed E-state index contributed by atoms with van der Waals surface area (Å²) < 4.78 is 35.6. The Morgan fingerprint density at radius 2 is 1.93 bits per heavy atom. The Labute approximate surface area is 180 Å². The van der Waals surface area contributed by atoms with Crippen LogP contribution in [0.3, 0.4) is 0 Å². The number of para-hydroxylation sites is 1. The zero-order valence-electron chi connectivity index (χ0n) is 16.6. The van der Waals surface area contributed by atoms with E-state index in [1.165, 1.54) is 12.1 Å². The molecule has 1 heterocycles. The molecule has 1 aliphatic rings. The highest BCUT2D eigenvalue weighted by molar-refractivity contribution is 7.89. The van der Waals surface area contributed by atoms with Gasteiger partial charge in [0.25, 0.3) is 0 Å². The molecule has 2 aromatic carbocycles. The van der Waals surface area contributed by atoms with E-state index in [0.29, 0.717) is 30.9 Å². The van der Waals surface area contributed by atoms with Gasteiger partial charge in [-0.1, -0.05) is 29.8 Å². The molecule has 1 N–H and O–H groups in total. The predicted octanol–water partition coefficient (Wildman–Crippen LogP) is 3.69. The first kappa shape index (κ1) is 20.9. The maximum Gasteiger partial charge on any atom is 0.325 e. The second-order valence-electron chi connectivity index (χ2n) is 7.35. The van der Waals surface area contributed by atoms with E-state index < -0.39 is 10.0 Å². The molecule has 3 aromatic rings. The number of nitrogens with zero attached hydrogens (tertiary/aromatic N) is 1. The largest absolute Gasteiger partial charge is 0.465 e. The van der Waals surface area contributed by atoms with E-state index in [2.05, 4.69) is 4.72 Å². The number of esters is 1. The number of halogens is 1. The molecule has 158 valence electrons. The van der Waals surface area contributed by atoms with Crippen LogP contribution in [-0.2, 0) is 38.9 Å². The minimum absolute atomic E-state index is 0.158. The molecule has 8 heteroatoms. The molecule has 0 amide bonds. The van der Waals surface area contributed by atoms with Crippen LogP contribution in [0.2, 0.25) is 5.02 Å². The normalized spacial score (nSPS) is 16.4. The van der Waals surface area contributed by atoms with E-state index in [0.717, 1.165) is 22.2 Å². The van der Waals surface area contributed by atoms with Gasteiger partial charge < -0.3 is 9.30 Å². The lowest BCUT2D eigenvalue weighted by Gasteiger charge is -2.25. The Morgan fingerprint density at radius 1 is 1.20 bits per heavy atom. The zero-order valence-corrected chi connectivity index (χ0v) is 18.2. The zero-order chi connectivity index (χ0) is 21.3. The van der Waals surface area contributed by atoms with E-state index in [4.69, 9.17) is 16.3 Å². The van der Waals surface area contributed by atoms with E-state index in [1.807, 2.05) is 28.8 Å². The van der Waals surface area contributed by atoms with Gasteiger partial charge in [-0.3, -0.25) is 4.79 Å². The molecule has 1 aromatic heterocycles. The summed E-state index contributed by atoms with van der Waals surface area (Å²) in [5.41, 5.74) is 3.13. The van der Waals surface area contributed by atoms with Crippen molar-refractivity contribution in [2.45, 2.75) is 43.7 Å². The summed E-state index contributed by atoms with van der Waals surface area (Å²) in [6.07, 6.45) is 1.90. The number of fused-ring (bicyclic) bond motifs is 3. The van der Waals surface area contributed by atoms with Gasteiger partial charge in [0.15, 0.2) is 0 Å². The summed E-state index contributed by atoms with van der Waals surface area (Å²) >= 11 is 5.87. The molecule has 0 aliphatic heterocycles. The van der Waals surface area contributed by atoms with Crippen LogP contribution in [0.4, 0.5) is 0 Å². The number of benzene rings is 2. The third-order valence-corrected chi connectivity index (χ3v) is 7.20. The number of nitrogens with one attached hydrogen (secondary N) is 1. The highest BCUT2D eigenvalue weighted by atomic mass is 35.5. The van der Waals surface area contributed by atoms with Gasteiger partial charge in [-0.2, -0.15) is 0 Å². The Balaban J connectivity index is 1.62. The third-order valence-electron chi connectivity index (χ3n) is 5.41. The maximum absolute atomic E-state index is 12.8. The molecule has 0 saturated heterocycles. The minimum atomic E-state index is -3.64. The average molecular weight is 447 g/mol. The van der Waals surface area contributed by atoms with Crippen molar-refractivity contribution in [3.8, 4) is 0 Å². The fourth-order valence-corrected chi connectivity index (χ4v) is 5.52. The van der Waals surface area contributed by atoms with Crippen LogP contribution < -0.4 is 4.72 Å². The lowest BCUT2D eigenvalue weighted by molar-refractivity contribution is -0.143. The van der Waals surface area contributed by atoms with Crippen LogP contribution in [-0.4, -0.2) is 31.6 Å². The first-order valence-electron chi connectivity index (χ1n) is 9.91. The van der Waals surface area contributed by atoms with Gasteiger partial charge in [0.2, 0.25) is 10.0 Å². The van der Waals surface area contributed by atoms with E-state index in [1.54, 1.807) is 19.1 Å². The molecule has 0 bridgehead atoms. The van der Waals surface area contributed by atoms with E-state index in [-0.39, 0.29) is 23.5 Å². The number of hydrogen-bond acceptors (Lipinski definition) is 4. The smallest absolute Gasteiger partial charge is 0.325 e. The van der Waals surface area contributed by atoms with Crippen molar-refractivity contribution in [1.29, 1.82) is 0 Å². The van der Waals surface area contributed by atoms with Gasteiger partial charge in [0, 0.05) is 27.7 Å². The molecule has 6 nitrogen and oxygen atoms in total. The van der Waals surface area contributed by atoms with Crippen LogP contribution in [0.1, 0.15) is 24.6 Å². The number of carbonyl (C=O) groups is 1. The maximum atomic E-state index is 12.8. The van der Waals surface area contributed by atoms with E-state index >= 15 is 0 Å². The van der Waals surface area contributed by atoms with Gasteiger partial charge in [-0.25, -0.2) is 13.1 Å². The second-order valence-corrected chi connectivity index (χ2v) is 9.50. The van der Waals surface area contributed by atoms with Crippen LogP contribution in [0.5, 0.6) is 0 Å². The topological polar surface area (TPSA) is 77.4 Å². The van der Waals surface area contributed by atoms with Crippen molar-refractivity contribution in [3.63, 3.8) is 0 Å². The highest BCUT2D eigenvalue weighted by Gasteiger charge is 2.29. The van der Waals surface area contributed by atoms with Crippen LogP contribution >= 0.6 is 11.6 Å². The fourth-order valence-electron chi connectivity index (χ4n) is 4.12.